The predicted molar refractivity (Wildman–Crippen MR) is 132 cm³/mol. The van der Waals surface area contributed by atoms with Crippen molar-refractivity contribution in [2.24, 2.45) is 11.8 Å². The molecule has 3 atom stereocenters. The number of nitrogens with zero attached hydrogens (tertiary/aromatic N) is 5. The number of aryl methyl sites for hydroxylation is 1. The van der Waals surface area contributed by atoms with Gasteiger partial charge in [-0.05, 0) is 67.3 Å². The van der Waals surface area contributed by atoms with Gasteiger partial charge in [0, 0.05) is 48.5 Å². The van der Waals surface area contributed by atoms with Crippen LogP contribution in [0.15, 0.2) is 42.6 Å². The van der Waals surface area contributed by atoms with Crippen LogP contribution in [-0.4, -0.2) is 38.9 Å². The van der Waals surface area contributed by atoms with Crippen LogP contribution in [0.4, 0.5) is 24.8 Å². The molecule has 2 bridgehead atoms. The van der Waals surface area contributed by atoms with E-state index in [1.165, 1.54) is 11.8 Å². The summed E-state index contributed by atoms with van der Waals surface area (Å²) in [4.78, 5) is 10.5. The molecule has 1 aromatic carbocycles. The molecule has 3 aliphatic rings. The van der Waals surface area contributed by atoms with Crippen molar-refractivity contribution in [3.8, 4) is 0 Å². The minimum Gasteiger partial charge on any atom is -0.371 e. The van der Waals surface area contributed by atoms with E-state index in [4.69, 9.17) is 21.7 Å². The zero-order valence-corrected chi connectivity index (χ0v) is 20.5. The molecule has 2 aromatic heterocycles. The maximum absolute atomic E-state index is 13.2. The fraction of sp³-hybridized carbons (Fsp3) is 0.500. The lowest BCUT2D eigenvalue weighted by atomic mass is 9.92. The number of piperidine rings is 1. The number of hydrogen-bond donors (Lipinski definition) is 1. The molecule has 1 unspecified atom stereocenters. The van der Waals surface area contributed by atoms with Crippen LogP contribution < -0.4 is 10.2 Å². The van der Waals surface area contributed by atoms with Gasteiger partial charge >= 0.3 is 6.18 Å². The Kier molecular flexibility index (Phi) is 6.06. The normalized spacial score (nSPS) is 25.9. The van der Waals surface area contributed by atoms with Crippen molar-refractivity contribution in [3.05, 3.63) is 64.7 Å². The zero-order chi connectivity index (χ0) is 24.9. The number of rotatable bonds is 4. The Bertz CT molecular complexity index is 1210. The molecule has 0 radical (unpaired) electrons. The predicted octanol–water partition coefficient (Wildman–Crippen LogP) is 5.99. The molecule has 1 saturated heterocycles. The molecule has 1 N–H and O–H groups in total. The Balaban J connectivity index is 1.19. The van der Waals surface area contributed by atoms with Crippen molar-refractivity contribution in [3.63, 3.8) is 0 Å². The standard InChI is InChI=1S/C26H28ClF3N6/c27-19-8-6-16(7-9-19)21-3-1-2-12-36-24(21)33-25(34-36)32-23-17-4-5-18(23)15-35(14-17)20-10-11-31-22(13-20)26(28,29)30/h6-11,13,17-18,21,23H,1-5,12,14-15H2,(H,32,34)/t17-,18-,21?/m1/s1. The zero-order valence-electron chi connectivity index (χ0n) is 19.8. The van der Waals surface area contributed by atoms with Crippen LogP contribution >= 0.6 is 11.6 Å². The second-order valence-electron chi connectivity index (χ2n) is 10.2. The first-order valence-corrected chi connectivity index (χ1v) is 13.0. The van der Waals surface area contributed by atoms with E-state index in [-0.39, 0.29) is 12.0 Å². The van der Waals surface area contributed by atoms with E-state index >= 15 is 0 Å². The number of anilines is 2. The summed E-state index contributed by atoms with van der Waals surface area (Å²) in [5, 5.41) is 9.18. The Hall–Kier alpha value is -2.81. The van der Waals surface area contributed by atoms with Crippen molar-refractivity contribution in [2.45, 2.75) is 56.8 Å². The quantitative estimate of drug-likeness (QED) is 0.461. The van der Waals surface area contributed by atoms with Crippen LogP contribution in [0.3, 0.4) is 0 Å². The maximum Gasteiger partial charge on any atom is 0.433 e. The van der Waals surface area contributed by atoms with Crippen molar-refractivity contribution in [1.82, 2.24) is 19.7 Å². The van der Waals surface area contributed by atoms with E-state index in [1.54, 1.807) is 6.07 Å². The Labute approximate surface area is 212 Å². The average molecular weight is 517 g/mol. The minimum absolute atomic E-state index is 0.181. The lowest BCUT2D eigenvalue weighted by molar-refractivity contribution is -0.141. The first kappa shape index (κ1) is 23.6. The van der Waals surface area contributed by atoms with Crippen LogP contribution in [0.2, 0.25) is 5.02 Å². The molecule has 3 aromatic rings. The molecule has 2 aliphatic heterocycles. The number of alkyl halides is 3. The summed E-state index contributed by atoms with van der Waals surface area (Å²) < 4.78 is 41.5. The number of nitrogens with one attached hydrogen (secondary N) is 1. The lowest BCUT2D eigenvalue weighted by Gasteiger charge is -2.39. The van der Waals surface area contributed by atoms with E-state index in [0.29, 0.717) is 36.6 Å². The average Bonchev–Trinajstić information content (AvgIpc) is 3.26. The monoisotopic (exact) mass is 516 g/mol. The van der Waals surface area contributed by atoms with Gasteiger partial charge in [0.2, 0.25) is 5.95 Å². The van der Waals surface area contributed by atoms with Gasteiger partial charge in [-0.3, -0.25) is 4.98 Å². The Morgan fingerprint density at radius 2 is 1.72 bits per heavy atom. The van der Waals surface area contributed by atoms with Crippen LogP contribution in [0, 0.1) is 11.8 Å². The SMILES string of the molecule is FC(F)(F)c1cc(N2C[C@H]3CC[C@H](C2)C3Nc2nc3n(n2)CCCCC3c2ccc(Cl)cc2)ccn1. The van der Waals surface area contributed by atoms with E-state index in [0.717, 1.165) is 55.6 Å². The summed E-state index contributed by atoms with van der Waals surface area (Å²) in [6.45, 7) is 2.26. The van der Waals surface area contributed by atoms with Crippen molar-refractivity contribution in [1.29, 1.82) is 0 Å². The topological polar surface area (TPSA) is 58.9 Å². The lowest BCUT2D eigenvalue weighted by Crippen LogP contribution is -2.48. The summed E-state index contributed by atoms with van der Waals surface area (Å²) in [5.74, 6) is 2.46. The third-order valence-corrected chi connectivity index (χ3v) is 8.18. The number of aromatic nitrogens is 4. The van der Waals surface area contributed by atoms with Gasteiger partial charge in [-0.15, -0.1) is 5.10 Å². The van der Waals surface area contributed by atoms with Crippen LogP contribution in [-0.2, 0) is 12.7 Å². The molecule has 0 spiro atoms. The highest BCUT2D eigenvalue weighted by Gasteiger charge is 2.43. The second-order valence-corrected chi connectivity index (χ2v) is 10.6. The first-order valence-electron chi connectivity index (χ1n) is 12.6. The molecule has 36 heavy (non-hydrogen) atoms. The van der Waals surface area contributed by atoms with E-state index in [2.05, 4.69) is 27.3 Å². The van der Waals surface area contributed by atoms with Gasteiger partial charge in [0.25, 0.3) is 0 Å². The molecule has 6 nitrogen and oxygen atoms in total. The van der Waals surface area contributed by atoms with Gasteiger partial charge in [-0.2, -0.15) is 18.2 Å². The molecule has 10 heteroatoms. The number of benzene rings is 1. The number of hydrogen-bond acceptors (Lipinski definition) is 5. The molecule has 6 rings (SSSR count). The number of fused-ring (bicyclic) bond motifs is 3. The van der Waals surface area contributed by atoms with Crippen LogP contribution in [0.1, 0.15) is 55.1 Å². The molecule has 2 fully saturated rings. The van der Waals surface area contributed by atoms with Gasteiger partial charge in [0.05, 0.1) is 0 Å². The number of pyridine rings is 1. The molecule has 190 valence electrons. The van der Waals surface area contributed by atoms with Gasteiger partial charge in [-0.25, -0.2) is 4.68 Å². The molecule has 1 saturated carbocycles. The third-order valence-electron chi connectivity index (χ3n) is 7.93. The van der Waals surface area contributed by atoms with E-state index < -0.39 is 11.9 Å². The minimum atomic E-state index is -4.44. The van der Waals surface area contributed by atoms with Crippen molar-refractivity contribution in [2.75, 3.05) is 23.3 Å². The molecule has 4 heterocycles. The number of halogens is 4. The third kappa shape index (κ3) is 4.53. The molecule has 1 aliphatic carbocycles. The van der Waals surface area contributed by atoms with Crippen molar-refractivity contribution >= 4 is 23.2 Å². The van der Waals surface area contributed by atoms with Crippen molar-refractivity contribution < 1.29 is 13.2 Å². The summed E-state index contributed by atoms with van der Waals surface area (Å²) in [5.41, 5.74) is 0.947. The highest BCUT2D eigenvalue weighted by atomic mass is 35.5. The van der Waals surface area contributed by atoms with Gasteiger partial charge < -0.3 is 10.2 Å². The molecular formula is C26H28ClF3N6. The summed E-state index contributed by atoms with van der Waals surface area (Å²) in [6.07, 6.45) is 2.10. The van der Waals surface area contributed by atoms with E-state index in [1.807, 2.05) is 16.8 Å². The second kappa shape index (κ2) is 9.25. The van der Waals surface area contributed by atoms with Gasteiger partial charge in [0.15, 0.2) is 0 Å². The fourth-order valence-corrected chi connectivity index (χ4v) is 6.30. The Morgan fingerprint density at radius 3 is 2.44 bits per heavy atom. The highest BCUT2D eigenvalue weighted by Crippen LogP contribution is 2.41. The smallest absolute Gasteiger partial charge is 0.371 e. The molecular weight excluding hydrogens is 489 g/mol. The molecule has 0 amide bonds. The van der Waals surface area contributed by atoms with Gasteiger partial charge in [0.1, 0.15) is 11.5 Å². The highest BCUT2D eigenvalue weighted by molar-refractivity contribution is 6.30. The summed E-state index contributed by atoms with van der Waals surface area (Å²) >= 11 is 6.11. The van der Waals surface area contributed by atoms with Gasteiger partial charge in [-0.1, -0.05) is 30.2 Å². The Morgan fingerprint density at radius 1 is 0.972 bits per heavy atom. The van der Waals surface area contributed by atoms with Crippen LogP contribution in [0.25, 0.3) is 0 Å². The summed E-state index contributed by atoms with van der Waals surface area (Å²) in [6, 6.07) is 11.0. The largest absolute Gasteiger partial charge is 0.433 e. The summed E-state index contributed by atoms with van der Waals surface area (Å²) in [7, 11) is 0. The first-order chi connectivity index (χ1) is 17.3. The fourth-order valence-electron chi connectivity index (χ4n) is 6.18. The van der Waals surface area contributed by atoms with E-state index in [9.17, 15) is 13.2 Å². The van der Waals surface area contributed by atoms with Crippen LogP contribution in [0.5, 0.6) is 0 Å². The maximum atomic E-state index is 13.2.